The quantitative estimate of drug-likeness (QED) is 0.891. The Morgan fingerprint density at radius 1 is 1.00 bits per heavy atom. The summed E-state index contributed by atoms with van der Waals surface area (Å²) in [6, 6.07) is 9.83. The molecule has 6 heteroatoms. The van der Waals surface area contributed by atoms with E-state index in [1.54, 1.807) is 9.80 Å². The van der Waals surface area contributed by atoms with Crippen LogP contribution in [0.1, 0.15) is 32.1 Å². The van der Waals surface area contributed by atoms with Crippen molar-refractivity contribution in [2.24, 2.45) is 11.8 Å². The number of para-hydroxylation sites is 1. The van der Waals surface area contributed by atoms with Gasteiger partial charge in [-0.15, -0.1) is 0 Å². The van der Waals surface area contributed by atoms with Crippen LogP contribution >= 0.6 is 0 Å². The average molecular weight is 355 g/mol. The third kappa shape index (κ3) is 3.59. The Labute approximate surface area is 153 Å². The molecule has 1 saturated carbocycles. The average Bonchev–Trinajstić information content (AvgIpc) is 3.40. The second-order valence-electron chi connectivity index (χ2n) is 7.65. The summed E-state index contributed by atoms with van der Waals surface area (Å²) in [6.07, 6.45) is 4.07. The molecule has 0 radical (unpaired) electrons. The predicted octanol–water partition coefficient (Wildman–Crippen LogP) is 1.56. The van der Waals surface area contributed by atoms with Crippen LogP contribution in [0.25, 0.3) is 0 Å². The Hall–Kier alpha value is -2.37. The van der Waals surface area contributed by atoms with Crippen molar-refractivity contribution in [2.75, 3.05) is 24.5 Å². The van der Waals surface area contributed by atoms with E-state index in [1.807, 2.05) is 30.3 Å². The first kappa shape index (κ1) is 17.1. The second-order valence-corrected chi connectivity index (χ2v) is 7.65. The molecular formula is C20H25N3O3. The van der Waals surface area contributed by atoms with Gasteiger partial charge >= 0.3 is 0 Å². The third-order valence-electron chi connectivity index (χ3n) is 5.57. The van der Waals surface area contributed by atoms with Crippen molar-refractivity contribution in [3.05, 3.63) is 30.3 Å². The maximum atomic E-state index is 12.9. The molecule has 0 aromatic heterocycles. The fourth-order valence-electron chi connectivity index (χ4n) is 3.93. The van der Waals surface area contributed by atoms with E-state index in [0.717, 1.165) is 31.4 Å². The van der Waals surface area contributed by atoms with E-state index in [-0.39, 0.29) is 36.0 Å². The monoisotopic (exact) mass is 355 g/mol. The molecule has 2 saturated heterocycles. The molecule has 1 aromatic carbocycles. The number of nitrogens with one attached hydrogen (secondary N) is 1. The zero-order valence-electron chi connectivity index (χ0n) is 14.9. The third-order valence-corrected chi connectivity index (χ3v) is 5.57. The molecule has 3 aliphatic rings. The maximum Gasteiger partial charge on any atom is 0.228 e. The van der Waals surface area contributed by atoms with Crippen LogP contribution in [0, 0.1) is 11.8 Å². The first-order valence-electron chi connectivity index (χ1n) is 9.56. The van der Waals surface area contributed by atoms with Gasteiger partial charge in [0.15, 0.2) is 0 Å². The molecule has 1 aromatic rings. The smallest absolute Gasteiger partial charge is 0.228 e. The molecule has 2 atom stereocenters. The fourth-order valence-corrected chi connectivity index (χ4v) is 3.93. The van der Waals surface area contributed by atoms with Crippen molar-refractivity contribution < 1.29 is 14.4 Å². The van der Waals surface area contributed by atoms with Gasteiger partial charge in [0.25, 0.3) is 0 Å². The molecule has 6 nitrogen and oxygen atoms in total. The van der Waals surface area contributed by atoms with Crippen molar-refractivity contribution in [3.63, 3.8) is 0 Å². The van der Waals surface area contributed by atoms with Crippen LogP contribution in [0.4, 0.5) is 5.69 Å². The molecule has 0 unspecified atom stereocenters. The summed E-state index contributed by atoms with van der Waals surface area (Å²) in [5.41, 5.74) is 0.841. The lowest BCUT2D eigenvalue weighted by atomic mass is 9.95. The van der Waals surface area contributed by atoms with Gasteiger partial charge in [-0.05, 0) is 37.8 Å². The van der Waals surface area contributed by atoms with Gasteiger partial charge in [-0.3, -0.25) is 14.4 Å². The van der Waals surface area contributed by atoms with Gasteiger partial charge in [0.1, 0.15) is 0 Å². The summed E-state index contributed by atoms with van der Waals surface area (Å²) in [4.78, 5) is 41.1. The van der Waals surface area contributed by atoms with E-state index >= 15 is 0 Å². The summed E-state index contributed by atoms with van der Waals surface area (Å²) in [5, 5.41) is 3.05. The highest BCUT2D eigenvalue weighted by Gasteiger charge is 2.39. The highest BCUT2D eigenvalue weighted by molar-refractivity contribution is 6.00. The summed E-state index contributed by atoms with van der Waals surface area (Å²) < 4.78 is 0. The SMILES string of the molecule is O=C(NC1CC1)[C@@H]1CCCN(C(=O)[C@@H]2CC(=O)N(c3ccccc3)C2)C1. The Morgan fingerprint density at radius 3 is 2.50 bits per heavy atom. The highest BCUT2D eigenvalue weighted by Crippen LogP contribution is 2.28. The largest absolute Gasteiger partial charge is 0.353 e. The molecule has 1 N–H and O–H groups in total. The van der Waals surface area contributed by atoms with Crippen LogP contribution in [0.3, 0.4) is 0 Å². The number of amides is 3. The molecule has 138 valence electrons. The zero-order chi connectivity index (χ0) is 18.1. The van der Waals surface area contributed by atoms with E-state index < -0.39 is 0 Å². The Balaban J connectivity index is 1.37. The number of rotatable bonds is 4. The number of carbonyl (C=O) groups excluding carboxylic acids is 3. The van der Waals surface area contributed by atoms with E-state index in [1.165, 1.54) is 0 Å². The van der Waals surface area contributed by atoms with Crippen molar-refractivity contribution in [2.45, 2.75) is 38.1 Å². The number of carbonyl (C=O) groups is 3. The van der Waals surface area contributed by atoms with Crippen LogP contribution in [-0.4, -0.2) is 48.3 Å². The van der Waals surface area contributed by atoms with Crippen LogP contribution < -0.4 is 10.2 Å². The lowest BCUT2D eigenvalue weighted by Gasteiger charge is -2.33. The zero-order valence-corrected chi connectivity index (χ0v) is 14.9. The maximum absolute atomic E-state index is 12.9. The normalized spacial score (nSPS) is 26.1. The van der Waals surface area contributed by atoms with Crippen LogP contribution in [0.15, 0.2) is 30.3 Å². The molecule has 26 heavy (non-hydrogen) atoms. The number of piperidine rings is 1. The van der Waals surface area contributed by atoms with Gasteiger partial charge in [0.2, 0.25) is 17.7 Å². The van der Waals surface area contributed by atoms with Gasteiger partial charge < -0.3 is 15.1 Å². The minimum Gasteiger partial charge on any atom is -0.353 e. The molecular weight excluding hydrogens is 330 g/mol. The van der Waals surface area contributed by atoms with Crippen molar-refractivity contribution >= 4 is 23.4 Å². The number of hydrogen-bond acceptors (Lipinski definition) is 3. The van der Waals surface area contributed by atoms with Crippen molar-refractivity contribution in [3.8, 4) is 0 Å². The summed E-state index contributed by atoms with van der Waals surface area (Å²) in [7, 11) is 0. The van der Waals surface area contributed by atoms with E-state index in [9.17, 15) is 14.4 Å². The van der Waals surface area contributed by atoms with Gasteiger partial charge in [-0.25, -0.2) is 0 Å². The van der Waals surface area contributed by atoms with Crippen molar-refractivity contribution in [1.29, 1.82) is 0 Å². The summed E-state index contributed by atoms with van der Waals surface area (Å²) >= 11 is 0. The van der Waals surface area contributed by atoms with Gasteiger partial charge in [-0.2, -0.15) is 0 Å². The lowest BCUT2D eigenvalue weighted by Crippen LogP contribution is -2.48. The van der Waals surface area contributed by atoms with Gasteiger partial charge in [0.05, 0.1) is 11.8 Å². The number of hydrogen-bond donors (Lipinski definition) is 1. The summed E-state index contributed by atoms with van der Waals surface area (Å²) in [6.45, 7) is 1.59. The van der Waals surface area contributed by atoms with Crippen molar-refractivity contribution in [1.82, 2.24) is 10.2 Å². The molecule has 2 heterocycles. The van der Waals surface area contributed by atoms with Crippen LogP contribution in [0.2, 0.25) is 0 Å². The number of likely N-dealkylation sites (tertiary alicyclic amines) is 1. The summed E-state index contributed by atoms with van der Waals surface area (Å²) in [5.74, 6) is -0.336. The van der Waals surface area contributed by atoms with E-state index in [0.29, 0.717) is 25.7 Å². The molecule has 0 bridgehead atoms. The lowest BCUT2D eigenvalue weighted by molar-refractivity contribution is -0.139. The Bertz CT molecular complexity index is 702. The standard InChI is InChI=1S/C20H25N3O3/c24-18-11-15(13-23(18)17-6-2-1-3-7-17)20(26)22-10-4-5-14(12-22)19(25)21-16-8-9-16/h1-3,6-7,14-16H,4-5,8-13H2,(H,21,25)/t14-,15-/m1/s1. The predicted molar refractivity (Wildman–Crippen MR) is 97.4 cm³/mol. The van der Waals surface area contributed by atoms with Gasteiger partial charge in [0, 0.05) is 37.8 Å². The first-order chi connectivity index (χ1) is 12.6. The van der Waals surface area contributed by atoms with Crippen LogP contribution in [-0.2, 0) is 14.4 Å². The highest BCUT2D eigenvalue weighted by atomic mass is 16.2. The molecule has 0 spiro atoms. The molecule has 2 aliphatic heterocycles. The van der Waals surface area contributed by atoms with Gasteiger partial charge in [-0.1, -0.05) is 18.2 Å². The number of nitrogens with zero attached hydrogens (tertiary/aromatic N) is 2. The van der Waals surface area contributed by atoms with E-state index in [4.69, 9.17) is 0 Å². The van der Waals surface area contributed by atoms with E-state index in [2.05, 4.69) is 5.32 Å². The fraction of sp³-hybridized carbons (Fsp3) is 0.550. The molecule has 1 aliphatic carbocycles. The molecule has 3 fully saturated rings. The Morgan fingerprint density at radius 2 is 1.77 bits per heavy atom. The second kappa shape index (κ2) is 7.09. The molecule has 3 amide bonds. The molecule has 4 rings (SSSR count). The Kier molecular flexibility index (Phi) is 4.66. The minimum absolute atomic E-state index is 0.00501. The van der Waals surface area contributed by atoms with Crippen LogP contribution in [0.5, 0.6) is 0 Å². The minimum atomic E-state index is -0.312. The number of benzene rings is 1. The number of anilines is 1. The first-order valence-corrected chi connectivity index (χ1v) is 9.56. The topological polar surface area (TPSA) is 69.7 Å².